The maximum atomic E-state index is 12.8. The molecule has 0 aliphatic carbocycles. The molecule has 0 heterocycles. The van der Waals surface area contributed by atoms with Crippen LogP contribution in [0.15, 0.2) is 47.6 Å². The van der Waals surface area contributed by atoms with E-state index in [0.29, 0.717) is 24.7 Å². The smallest absolute Gasteiger partial charge is 0.131 e. The van der Waals surface area contributed by atoms with Gasteiger partial charge < -0.3 is 9.47 Å². The molecule has 116 valence electrons. The number of hydrogen-bond acceptors (Lipinski definition) is 4. The Morgan fingerprint density at radius 3 is 2.45 bits per heavy atom. The van der Waals surface area contributed by atoms with Crippen molar-refractivity contribution in [2.75, 3.05) is 18.6 Å². The lowest BCUT2D eigenvalue weighted by atomic mass is 10.2. The third-order valence-corrected chi connectivity index (χ3v) is 2.84. The molecule has 22 heavy (non-hydrogen) atoms. The van der Waals surface area contributed by atoms with Gasteiger partial charge >= 0.3 is 0 Å². The Kier molecular flexibility index (Phi) is 5.77. The molecule has 0 amide bonds. The fourth-order valence-corrected chi connectivity index (χ4v) is 1.86. The number of benzene rings is 2. The van der Waals surface area contributed by atoms with Crippen molar-refractivity contribution in [3.05, 3.63) is 53.8 Å². The maximum absolute atomic E-state index is 12.8. The highest BCUT2D eigenvalue weighted by molar-refractivity contribution is 5.84. The molecular weight excluding hydrogens is 283 g/mol. The molecule has 0 bridgehead atoms. The van der Waals surface area contributed by atoms with Crippen LogP contribution in [0.2, 0.25) is 0 Å². The number of hydrogen-bond donors (Lipinski definition) is 1. The van der Waals surface area contributed by atoms with Crippen LogP contribution in [0.3, 0.4) is 0 Å². The van der Waals surface area contributed by atoms with Gasteiger partial charge in [-0.05, 0) is 50.2 Å². The first kappa shape index (κ1) is 15.8. The number of ether oxygens (including phenoxy) is 2. The topological polar surface area (TPSA) is 42.8 Å². The summed E-state index contributed by atoms with van der Waals surface area (Å²) in [5.74, 6) is 1.19. The predicted molar refractivity (Wildman–Crippen MR) is 86.4 cm³/mol. The van der Waals surface area contributed by atoms with Crippen molar-refractivity contribution >= 4 is 11.9 Å². The van der Waals surface area contributed by atoms with E-state index in [2.05, 4.69) is 10.5 Å². The molecule has 2 aromatic carbocycles. The lowest BCUT2D eigenvalue weighted by Crippen LogP contribution is -1.99. The van der Waals surface area contributed by atoms with Crippen molar-refractivity contribution in [3.8, 4) is 11.5 Å². The molecule has 0 radical (unpaired) electrons. The molecule has 0 saturated carbocycles. The fraction of sp³-hybridized carbons (Fsp3) is 0.235. The minimum absolute atomic E-state index is 0.278. The van der Waals surface area contributed by atoms with Gasteiger partial charge in [0.2, 0.25) is 0 Å². The van der Waals surface area contributed by atoms with Gasteiger partial charge in [-0.3, -0.25) is 5.43 Å². The standard InChI is InChI=1S/C17H19FN2O2/c1-3-21-16-10-5-13(17(11-16)22-4-2)12-19-20-15-8-6-14(18)7-9-15/h5-12,20H,3-4H2,1-2H3/b19-12+. The Morgan fingerprint density at radius 1 is 1.05 bits per heavy atom. The van der Waals surface area contributed by atoms with Gasteiger partial charge in [0.15, 0.2) is 0 Å². The number of hydrazone groups is 1. The second-order valence-electron chi connectivity index (χ2n) is 4.44. The number of rotatable bonds is 7. The lowest BCUT2D eigenvalue weighted by molar-refractivity contribution is 0.323. The zero-order valence-electron chi connectivity index (χ0n) is 12.7. The predicted octanol–water partition coefficient (Wildman–Crippen LogP) is 4.07. The van der Waals surface area contributed by atoms with Crippen molar-refractivity contribution in [1.29, 1.82) is 0 Å². The molecule has 0 atom stereocenters. The van der Waals surface area contributed by atoms with Gasteiger partial charge in [0.25, 0.3) is 0 Å². The SMILES string of the molecule is CCOc1ccc(/C=N/Nc2ccc(F)cc2)c(OCC)c1. The van der Waals surface area contributed by atoms with E-state index in [-0.39, 0.29) is 5.82 Å². The van der Waals surface area contributed by atoms with Crippen molar-refractivity contribution in [1.82, 2.24) is 0 Å². The Balaban J connectivity index is 2.09. The van der Waals surface area contributed by atoms with Crippen molar-refractivity contribution in [2.45, 2.75) is 13.8 Å². The van der Waals surface area contributed by atoms with Crippen LogP contribution in [0.25, 0.3) is 0 Å². The first-order valence-corrected chi connectivity index (χ1v) is 7.17. The zero-order chi connectivity index (χ0) is 15.8. The summed E-state index contributed by atoms with van der Waals surface area (Å²) in [5.41, 5.74) is 4.39. The summed E-state index contributed by atoms with van der Waals surface area (Å²) in [6.45, 7) is 5.01. The van der Waals surface area contributed by atoms with Crippen LogP contribution in [0.1, 0.15) is 19.4 Å². The molecular formula is C17H19FN2O2. The van der Waals surface area contributed by atoms with Crippen molar-refractivity contribution in [3.63, 3.8) is 0 Å². The second-order valence-corrected chi connectivity index (χ2v) is 4.44. The summed E-state index contributed by atoms with van der Waals surface area (Å²) in [6.07, 6.45) is 1.66. The summed E-state index contributed by atoms with van der Waals surface area (Å²) in [6, 6.07) is 11.6. The average molecular weight is 302 g/mol. The fourth-order valence-electron chi connectivity index (χ4n) is 1.86. The van der Waals surface area contributed by atoms with Gasteiger partial charge in [0.1, 0.15) is 17.3 Å². The van der Waals surface area contributed by atoms with Crippen molar-refractivity contribution in [2.24, 2.45) is 5.10 Å². The average Bonchev–Trinajstić information content (AvgIpc) is 2.52. The summed E-state index contributed by atoms with van der Waals surface area (Å²) in [5, 5.41) is 4.14. The van der Waals surface area contributed by atoms with E-state index in [0.717, 1.165) is 11.3 Å². The van der Waals surface area contributed by atoms with Gasteiger partial charge in [-0.2, -0.15) is 5.10 Å². The molecule has 2 aromatic rings. The third-order valence-electron chi connectivity index (χ3n) is 2.84. The number of anilines is 1. The monoisotopic (exact) mass is 302 g/mol. The quantitative estimate of drug-likeness (QED) is 0.619. The second kappa shape index (κ2) is 8.02. The zero-order valence-corrected chi connectivity index (χ0v) is 12.7. The highest BCUT2D eigenvalue weighted by Crippen LogP contribution is 2.24. The number of nitrogens with one attached hydrogen (secondary N) is 1. The van der Waals surface area contributed by atoms with E-state index in [9.17, 15) is 4.39 Å². The van der Waals surface area contributed by atoms with Crippen LogP contribution >= 0.6 is 0 Å². The first-order chi connectivity index (χ1) is 10.7. The molecule has 4 nitrogen and oxygen atoms in total. The van der Waals surface area contributed by atoms with E-state index in [1.807, 2.05) is 32.0 Å². The van der Waals surface area contributed by atoms with Crippen LogP contribution in [-0.2, 0) is 0 Å². The van der Waals surface area contributed by atoms with Gasteiger partial charge in [0.05, 0.1) is 25.1 Å². The highest BCUT2D eigenvalue weighted by atomic mass is 19.1. The van der Waals surface area contributed by atoms with E-state index >= 15 is 0 Å². The summed E-state index contributed by atoms with van der Waals surface area (Å²) in [7, 11) is 0. The summed E-state index contributed by atoms with van der Waals surface area (Å²) in [4.78, 5) is 0. The van der Waals surface area contributed by atoms with Crippen molar-refractivity contribution < 1.29 is 13.9 Å². The molecule has 0 spiro atoms. The largest absolute Gasteiger partial charge is 0.494 e. The van der Waals surface area contributed by atoms with E-state index in [1.165, 1.54) is 12.1 Å². The molecule has 0 aromatic heterocycles. The Hall–Kier alpha value is -2.56. The number of halogens is 1. The van der Waals surface area contributed by atoms with Gasteiger partial charge in [-0.1, -0.05) is 0 Å². The minimum Gasteiger partial charge on any atom is -0.494 e. The van der Waals surface area contributed by atoms with Crippen LogP contribution < -0.4 is 14.9 Å². The molecule has 0 saturated heterocycles. The van der Waals surface area contributed by atoms with Crippen LogP contribution in [-0.4, -0.2) is 19.4 Å². The molecule has 2 rings (SSSR count). The molecule has 0 unspecified atom stereocenters. The van der Waals surface area contributed by atoms with Crippen LogP contribution in [0.5, 0.6) is 11.5 Å². The van der Waals surface area contributed by atoms with Crippen LogP contribution in [0, 0.1) is 5.82 Å². The maximum Gasteiger partial charge on any atom is 0.131 e. The Morgan fingerprint density at radius 2 is 1.77 bits per heavy atom. The summed E-state index contributed by atoms with van der Waals surface area (Å²) < 4.78 is 23.9. The first-order valence-electron chi connectivity index (χ1n) is 7.17. The van der Waals surface area contributed by atoms with Gasteiger partial charge in [-0.25, -0.2) is 4.39 Å². The van der Waals surface area contributed by atoms with Gasteiger partial charge in [0, 0.05) is 11.6 Å². The molecule has 0 fully saturated rings. The summed E-state index contributed by atoms with van der Waals surface area (Å²) >= 11 is 0. The molecule has 0 aliphatic rings. The third kappa shape index (κ3) is 4.48. The Bertz CT molecular complexity index is 627. The molecule has 1 N–H and O–H groups in total. The van der Waals surface area contributed by atoms with Crippen LogP contribution in [0.4, 0.5) is 10.1 Å². The molecule has 5 heteroatoms. The number of nitrogens with zero attached hydrogens (tertiary/aromatic N) is 1. The van der Waals surface area contributed by atoms with E-state index in [4.69, 9.17) is 9.47 Å². The molecule has 0 aliphatic heterocycles. The normalized spacial score (nSPS) is 10.7. The lowest BCUT2D eigenvalue weighted by Gasteiger charge is -2.10. The highest BCUT2D eigenvalue weighted by Gasteiger charge is 2.04. The Labute approximate surface area is 129 Å². The van der Waals surface area contributed by atoms with E-state index < -0.39 is 0 Å². The van der Waals surface area contributed by atoms with Gasteiger partial charge in [-0.15, -0.1) is 0 Å². The van der Waals surface area contributed by atoms with E-state index in [1.54, 1.807) is 18.3 Å². The minimum atomic E-state index is -0.278.